The Hall–Kier alpha value is -6.94. The van der Waals surface area contributed by atoms with Crippen molar-refractivity contribution >= 4 is 89.4 Å². The van der Waals surface area contributed by atoms with Crippen LogP contribution in [0, 0.1) is 5.92 Å². The Morgan fingerprint density at radius 1 is 0.697 bits per heavy atom. The first-order chi connectivity index (χ1) is 32.6. The molecule has 0 atom stereocenters. The van der Waals surface area contributed by atoms with E-state index >= 15 is 0 Å². The highest BCUT2D eigenvalue weighted by atomic mass is 16.5. The zero-order valence-electron chi connectivity index (χ0n) is 38.1. The molecule has 4 aliphatic rings. The van der Waals surface area contributed by atoms with E-state index in [1.165, 1.54) is 113 Å². The highest BCUT2D eigenvalue weighted by molar-refractivity contribution is 6.19. The van der Waals surface area contributed by atoms with E-state index in [-0.39, 0.29) is 0 Å². The standard InChI is InChI=1S/C61H56N2O3/c1-3-15-46-47-26-14-29-55(61(47)65-56(46)38-39-16-6-4-7-17-39)63(43-21-11-22-44(64-2)34-33-43)54-28-10-20-41-30-35-50-52(37-32-42-31-36-51(54)58(41)57(42)50)62-53-27-13-25-49-48-24-12-23-45(59(48)66-60(49)53)40-18-8-5-9-19-40/h3,12-15,20-37,39-40,62H,4-10,16-19,38H2,1-2H3/b15-3-. The van der Waals surface area contributed by atoms with Crippen molar-refractivity contribution < 1.29 is 13.6 Å². The molecule has 0 spiro atoms. The average Bonchev–Trinajstić information content (AvgIpc) is 3.73. The third-order valence-electron chi connectivity index (χ3n) is 14.9. The monoisotopic (exact) mass is 864 g/mol. The van der Waals surface area contributed by atoms with Crippen LogP contribution in [0.4, 0.5) is 17.1 Å². The van der Waals surface area contributed by atoms with Gasteiger partial charge in [0.2, 0.25) is 0 Å². The van der Waals surface area contributed by atoms with Gasteiger partial charge in [0, 0.05) is 56.9 Å². The number of nitrogens with zero attached hydrogens (tertiary/aromatic N) is 1. The first-order valence-electron chi connectivity index (χ1n) is 24.4. The van der Waals surface area contributed by atoms with Gasteiger partial charge >= 0.3 is 0 Å². The summed E-state index contributed by atoms with van der Waals surface area (Å²) in [7, 11) is 1.71. The minimum Gasteiger partial charge on any atom is -0.496 e. The summed E-state index contributed by atoms with van der Waals surface area (Å²) in [6, 6.07) is 33.6. The van der Waals surface area contributed by atoms with E-state index in [9.17, 15) is 0 Å². The van der Waals surface area contributed by atoms with Crippen LogP contribution >= 0.6 is 0 Å². The van der Waals surface area contributed by atoms with E-state index in [0.29, 0.717) is 11.8 Å². The van der Waals surface area contributed by atoms with Crippen LogP contribution in [-0.4, -0.2) is 7.11 Å². The molecular weight excluding hydrogens is 809 g/mol. The van der Waals surface area contributed by atoms with Crippen LogP contribution in [0.3, 0.4) is 0 Å². The second-order valence-corrected chi connectivity index (χ2v) is 18.9. The van der Waals surface area contributed by atoms with Crippen LogP contribution in [0.2, 0.25) is 0 Å². The maximum absolute atomic E-state index is 7.15. The predicted octanol–water partition coefficient (Wildman–Crippen LogP) is 16.5. The van der Waals surface area contributed by atoms with E-state index < -0.39 is 0 Å². The summed E-state index contributed by atoms with van der Waals surface area (Å²) < 4.78 is 19.8. The van der Waals surface area contributed by atoms with Crippen molar-refractivity contribution in [2.45, 2.75) is 89.9 Å². The molecule has 328 valence electrons. The molecule has 0 bridgehead atoms. The van der Waals surface area contributed by atoms with Gasteiger partial charge in [-0.1, -0.05) is 148 Å². The van der Waals surface area contributed by atoms with Crippen molar-refractivity contribution in [1.29, 1.82) is 0 Å². The molecule has 2 heterocycles. The molecule has 12 rings (SSSR count). The Bertz CT molecular complexity index is 3460. The minimum absolute atomic E-state index is 0.555. The van der Waals surface area contributed by atoms with E-state index in [1.54, 1.807) is 7.11 Å². The van der Waals surface area contributed by atoms with Crippen LogP contribution in [0.25, 0.3) is 72.3 Å². The van der Waals surface area contributed by atoms with Gasteiger partial charge in [-0.15, -0.1) is 5.73 Å². The topological polar surface area (TPSA) is 50.8 Å². The van der Waals surface area contributed by atoms with Crippen LogP contribution in [0.15, 0.2) is 153 Å². The van der Waals surface area contributed by atoms with E-state index in [2.05, 4.69) is 150 Å². The van der Waals surface area contributed by atoms with Crippen LogP contribution < -0.4 is 15.4 Å². The number of allylic oxidation sites excluding steroid dienone is 6. The summed E-state index contributed by atoms with van der Waals surface area (Å²) in [5.41, 5.74) is 15.1. The fourth-order valence-corrected chi connectivity index (χ4v) is 11.8. The Labute approximate surface area is 386 Å². The van der Waals surface area contributed by atoms with E-state index in [0.717, 1.165) is 80.3 Å². The number of nitrogens with one attached hydrogen (secondary N) is 1. The summed E-state index contributed by atoms with van der Waals surface area (Å²) in [6.45, 7) is 2.11. The Balaban J connectivity index is 1.01. The molecule has 66 heavy (non-hydrogen) atoms. The molecule has 5 heteroatoms. The number of methoxy groups -OCH3 is 1. The molecule has 0 radical (unpaired) electrons. The summed E-state index contributed by atoms with van der Waals surface area (Å²) in [5.74, 6) is 3.04. The quantitative estimate of drug-likeness (QED) is 0.139. The molecule has 5 nitrogen and oxygen atoms in total. The molecule has 0 aliphatic heterocycles. The Morgan fingerprint density at radius 3 is 2.33 bits per heavy atom. The number of hydrogen-bond acceptors (Lipinski definition) is 5. The molecule has 8 aromatic rings. The lowest BCUT2D eigenvalue weighted by atomic mass is 9.83. The van der Waals surface area contributed by atoms with Crippen molar-refractivity contribution in [1.82, 2.24) is 0 Å². The molecule has 0 saturated heterocycles. The molecule has 2 fully saturated rings. The van der Waals surface area contributed by atoms with Crippen molar-refractivity contribution in [3.8, 4) is 0 Å². The number of ether oxygens (including phenoxy) is 1. The van der Waals surface area contributed by atoms with Gasteiger partial charge in [0.15, 0.2) is 11.2 Å². The third-order valence-corrected chi connectivity index (χ3v) is 14.9. The van der Waals surface area contributed by atoms with Gasteiger partial charge in [0.25, 0.3) is 0 Å². The fraction of sp³-hybridized carbons (Fsp3) is 0.262. The summed E-state index contributed by atoms with van der Waals surface area (Å²) in [5, 5.41) is 13.5. The first-order valence-corrected chi connectivity index (χ1v) is 24.4. The van der Waals surface area contributed by atoms with Crippen molar-refractivity contribution in [3.05, 3.63) is 172 Å². The molecule has 2 saturated carbocycles. The molecule has 4 aliphatic carbocycles. The van der Waals surface area contributed by atoms with Crippen LogP contribution in [-0.2, 0) is 11.2 Å². The highest BCUT2D eigenvalue weighted by Crippen LogP contribution is 2.46. The Morgan fingerprint density at radius 2 is 1.48 bits per heavy atom. The van der Waals surface area contributed by atoms with Crippen LogP contribution in [0.1, 0.15) is 106 Å². The number of furan rings is 2. The maximum atomic E-state index is 7.15. The van der Waals surface area contributed by atoms with E-state index in [4.69, 9.17) is 13.6 Å². The average molecular weight is 865 g/mol. The number of anilines is 3. The SMILES string of the molecule is C/C=C\c1c(CC2CCCCC2)oc2c(N(C3=CC=C(OC)C=C=C3)C3=CCC=c4ccc5c(Nc6cccc7c6oc6c(C8CCCCC8)cccc67)ccc6ccc3c4c65)cccc12. The lowest BCUT2D eigenvalue weighted by Gasteiger charge is -2.29. The second-order valence-electron chi connectivity index (χ2n) is 18.9. The van der Waals surface area contributed by atoms with Gasteiger partial charge in [-0.05, 0) is 95.3 Å². The molecule has 6 aromatic carbocycles. The normalized spacial score (nSPS) is 17.1. The van der Waals surface area contributed by atoms with Gasteiger partial charge in [-0.3, -0.25) is 0 Å². The van der Waals surface area contributed by atoms with Crippen molar-refractivity contribution in [2.24, 2.45) is 5.92 Å². The number of hydrogen-bond donors (Lipinski definition) is 1. The van der Waals surface area contributed by atoms with Gasteiger partial charge < -0.3 is 23.8 Å². The lowest BCUT2D eigenvalue weighted by molar-refractivity contribution is 0.307. The van der Waals surface area contributed by atoms with Gasteiger partial charge in [-0.2, -0.15) is 0 Å². The van der Waals surface area contributed by atoms with Gasteiger partial charge in [0.05, 0.1) is 29.9 Å². The largest absolute Gasteiger partial charge is 0.496 e. The number of rotatable bonds is 10. The zero-order chi connectivity index (χ0) is 44.1. The summed E-state index contributed by atoms with van der Waals surface area (Å²) in [4.78, 5) is 2.39. The summed E-state index contributed by atoms with van der Waals surface area (Å²) in [6.07, 6.45) is 31.9. The molecule has 0 unspecified atom stereocenters. The highest BCUT2D eigenvalue weighted by Gasteiger charge is 2.28. The zero-order valence-corrected chi connectivity index (χ0v) is 38.1. The van der Waals surface area contributed by atoms with E-state index in [1.807, 2.05) is 12.2 Å². The molecule has 1 N–H and O–H groups in total. The lowest BCUT2D eigenvalue weighted by Crippen LogP contribution is -2.21. The number of fused-ring (bicyclic) bond motifs is 4. The van der Waals surface area contributed by atoms with Crippen molar-refractivity contribution in [3.63, 3.8) is 0 Å². The fourth-order valence-electron chi connectivity index (χ4n) is 11.8. The molecule has 0 amide bonds. The Kier molecular flexibility index (Phi) is 10.5. The molecule has 2 aromatic heterocycles. The number of benzene rings is 6. The van der Waals surface area contributed by atoms with Crippen molar-refractivity contribution in [2.75, 3.05) is 17.3 Å². The van der Waals surface area contributed by atoms with Crippen LogP contribution in [0.5, 0.6) is 0 Å². The second kappa shape index (κ2) is 17.1. The predicted molar refractivity (Wildman–Crippen MR) is 276 cm³/mol. The first kappa shape index (κ1) is 40.6. The molecular formula is C61H56N2O3. The summed E-state index contributed by atoms with van der Waals surface area (Å²) >= 11 is 0. The minimum atomic E-state index is 0.555. The third kappa shape index (κ3) is 7.00. The number of para-hydroxylation sites is 3. The van der Waals surface area contributed by atoms with Gasteiger partial charge in [0.1, 0.15) is 17.1 Å². The van der Waals surface area contributed by atoms with Gasteiger partial charge in [-0.25, -0.2) is 0 Å². The maximum Gasteiger partial charge on any atom is 0.158 e. The smallest absolute Gasteiger partial charge is 0.158 e.